The molecule has 2 rings (SSSR count). The van der Waals surface area contributed by atoms with Crippen LogP contribution in [0.15, 0.2) is 34.9 Å². The maximum absolute atomic E-state index is 13.6. The van der Waals surface area contributed by atoms with E-state index < -0.39 is 17.5 Å². The Morgan fingerprint density at radius 1 is 1.38 bits per heavy atom. The molecule has 0 saturated heterocycles. The largest absolute Gasteiger partial charge is 0.370 e. The lowest BCUT2D eigenvalue weighted by Gasteiger charge is -2.11. The van der Waals surface area contributed by atoms with Gasteiger partial charge in [0.25, 0.3) is 5.91 Å². The lowest BCUT2D eigenvalue weighted by atomic mass is 10.2. The van der Waals surface area contributed by atoms with E-state index in [4.69, 9.17) is 0 Å². The van der Waals surface area contributed by atoms with Crippen molar-refractivity contribution in [2.45, 2.75) is 6.92 Å². The van der Waals surface area contributed by atoms with Crippen LogP contribution in [0.1, 0.15) is 17.3 Å². The third kappa shape index (κ3) is 3.55. The molecule has 2 N–H and O–H groups in total. The van der Waals surface area contributed by atoms with Gasteiger partial charge in [0.1, 0.15) is 5.82 Å². The first-order valence-corrected chi connectivity index (χ1v) is 6.97. The molecule has 4 nitrogen and oxygen atoms in total. The molecule has 0 aliphatic carbocycles. The van der Waals surface area contributed by atoms with Crippen LogP contribution in [0.5, 0.6) is 0 Å². The second-order valence-corrected chi connectivity index (χ2v) is 5.05. The van der Waals surface area contributed by atoms with Gasteiger partial charge in [-0.05, 0) is 41.1 Å². The summed E-state index contributed by atoms with van der Waals surface area (Å²) in [5.74, 6) is -2.33. The molecule has 0 aliphatic heterocycles. The summed E-state index contributed by atoms with van der Waals surface area (Å²) in [4.78, 5) is 16.3. The number of rotatable bonds is 4. The van der Waals surface area contributed by atoms with Gasteiger partial charge >= 0.3 is 0 Å². The molecular formula is C14H12BrF2N3O. The highest BCUT2D eigenvalue weighted by atomic mass is 79.9. The predicted octanol–water partition coefficient (Wildman–Crippen LogP) is 3.81. The van der Waals surface area contributed by atoms with Crippen LogP contribution in [0, 0.1) is 11.6 Å². The molecular weight excluding hydrogens is 344 g/mol. The van der Waals surface area contributed by atoms with Crippen molar-refractivity contribution in [1.29, 1.82) is 0 Å². The van der Waals surface area contributed by atoms with Crippen LogP contribution in [-0.4, -0.2) is 17.4 Å². The minimum Gasteiger partial charge on any atom is -0.370 e. The number of carbonyl (C=O) groups excluding carboxylic acids is 1. The summed E-state index contributed by atoms with van der Waals surface area (Å²) in [5, 5.41) is 5.27. The van der Waals surface area contributed by atoms with Gasteiger partial charge in [0.05, 0.1) is 11.3 Å². The second kappa shape index (κ2) is 6.62. The van der Waals surface area contributed by atoms with Gasteiger partial charge in [-0.25, -0.2) is 13.8 Å². The van der Waals surface area contributed by atoms with Crippen molar-refractivity contribution >= 4 is 33.3 Å². The summed E-state index contributed by atoms with van der Waals surface area (Å²) in [6.07, 6.45) is 1.54. The normalized spacial score (nSPS) is 10.3. The molecule has 2 aromatic rings. The smallest absolute Gasteiger partial charge is 0.259 e. The Hall–Kier alpha value is -2.02. The number of pyridine rings is 1. The summed E-state index contributed by atoms with van der Waals surface area (Å²) in [6, 6.07) is 5.14. The second-order valence-electron chi connectivity index (χ2n) is 4.14. The monoisotopic (exact) mass is 355 g/mol. The van der Waals surface area contributed by atoms with E-state index in [0.717, 1.165) is 6.07 Å². The number of carbonyl (C=O) groups is 1. The Morgan fingerprint density at radius 3 is 2.86 bits per heavy atom. The fraction of sp³-hybridized carbons (Fsp3) is 0.143. The summed E-state index contributed by atoms with van der Waals surface area (Å²) in [5.41, 5.74) is 0.0114. The number of anilines is 2. The van der Waals surface area contributed by atoms with Crippen molar-refractivity contribution in [3.05, 3.63) is 52.1 Å². The van der Waals surface area contributed by atoms with Crippen LogP contribution in [-0.2, 0) is 0 Å². The molecule has 1 heterocycles. The van der Waals surface area contributed by atoms with Gasteiger partial charge in [0.15, 0.2) is 11.6 Å². The lowest BCUT2D eigenvalue weighted by molar-refractivity contribution is 0.102. The number of hydrogen-bond acceptors (Lipinski definition) is 3. The van der Waals surface area contributed by atoms with Crippen LogP contribution in [0.25, 0.3) is 0 Å². The zero-order valence-corrected chi connectivity index (χ0v) is 12.7. The van der Waals surface area contributed by atoms with Crippen LogP contribution in [0.4, 0.5) is 20.3 Å². The molecule has 0 spiro atoms. The predicted molar refractivity (Wildman–Crippen MR) is 80.4 cm³/mol. The molecule has 0 fully saturated rings. The van der Waals surface area contributed by atoms with Crippen molar-refractivity contribution in [2.24, 2.45) is 0 Å². The van der Waals surface area contributed by atoms with Crippen molar-refractivity contribution in [3.8, 4) is 0 Å². The van der Waals surface area contributed by atoms with Gasteiger partial charge < -0.3 is 10.6 Å². The molecule has 0 saturated carbocycles. The van der Waals surface area contributed by atoms with Crippen molar-refractivity contribution in [3.63, 3.8) is 0 Å². The zero-order valence-electron chi connectivity index (χ0n) is 11.1. The third-order valence-corrected chi connectivity index (χ3v) is 3.08. The van der Waals surface area contributed by atoms with Gasteiger partial charge in [0.2, 0.25) is 0 Å². The number of nitrogens with one attached hydrogen (secondary N) is 2. The first-order chi connectivity index (χ1) is 10.0. The van der Waals surface area contributed by atoms with Crippen LogP contribution in [0.2, 0.25) is 0 Å². The van der Waals surface area contributed by atoms with E-state index >= 15 is 0 Å². The molecule has 1 amide bonds. The van der Waals surface area contributed by atoms with Crippen molar-refractivity contribution in [1.82, 2.24) is 4.98 Å². The Morgan fingerprint density at radius 2 is 2.14 bits per heavy atom. The van der Waals surface area contributed by atoms with E-state index in [1.54, 1.807) is 6.07 Å². The highest BCUT2D eigenvalue weighted by Crippen LogP contribution is 2.21. The fourth-order valence-corrected chi connectivity index (χ4v) is 2.04. The SMILES string of the molecule is CCNc1ncc(Br)cc1C(=O)Nc1cccc(F)c1F. The van der Waals surface area contributed by atoms with Crippen LogP contribution < -0.4 is 10.6 Å². The Balaban J connectivity index is 2.32. The average molecular weight is 356 g/mol. The van der Waals surface area contributed by atoms with Gasteiger partial charge in [-0.3, -0.25) is 4.79 Å². The number of nitrogens with zero attached hydrogens (tertiary/aromatic N) is 1. The number of amides is 1. The van der Waals surface area contributed by atoms with E-state index in [0.29, 0.717) is 16.8 Å². The average Bonchev–Trinajstić information content (AvgIpc) is 2.46. The maximum atomic E-state index is 13.6. The number of aromatic nitrogens is 1. The summed E-state index contributed by atoms with van der Waals surface area (Å²) in [6.45, 7) is 2.43. The minimum atomic E-state index is -1.10. The summed E-state index contributed by atoms with van der Waals surface area (Å²) in [7, 11) is 0. The molecule has 7 heteroatoms. The Labute approximate surface area is 128 Å². The van der Waals surface area contributed by atoms with Crippen molar-refractivity contribution in [2.75, 3.05) is 17.2 Å². The van der Waals surface area contributed by atoms with Crippen LogP contribution in [0.3, 0.4) is 0 Å². The topological polar surface area (TPSA) is 54.0 Å². The molecule has 1 aromatic heterocycles. The quantitative estimate of drug-likeness (QED) is 0.876. The molecule has 0 radical (unpaired) electrons. The summed E-state index contributed by atoms with van der Waals surface area (Å²) < 4.78 is 27.3. The Bertz CT molecular complexity index is 679. The van der Waals surface area contributed by atoms with E-state index in [-0.39, 0.29) is 11.3 Å². The first-order valence-electron chi connectivity index (χ1n) is 6.17. The van der Waals surface area contributed by atoms with Crippen LogP contribution >= 0.6 is 15.9 Å². The van der Waals surface area contributed by atoms with E-state index in [2.05, 4.69) is 31.5 Å². The minimum absolute atomic E-state index is 0.220. The van der Waals surface area contributed by atoms with Crippen molar-refractivity contribution < 1.29 is 13.6 Å². The fourth-order valence-electron chi connectivity index (χ4n) is 1.71. The molecule has 0 bridgehead atoms. The van der Waals surface area contributed by atoms with Gasteiger partial charge in [-0.2, -0.15) is 0 Å². The number of hydrogen-bond donors (Lipinski definition) is 2. The first kappa shape index (κ1) is 15.4. The van der Waals surface area contributed by atoms with Gasteiger partial charge in [-0.15, -0.1) is 0 Å². The lowest BCUT2D eigenvalue weighted by Crippen LogP contribution is -2.17. The standard InChI is InChI=1S/C14H12BrF2N3O/c1-2-18-13-9(6-8(15)7-19-13)14(21)20-11-5-3-4-10(16)12(11)17/h3-7H,2H2,1H3,(H,18,19)(H,20,21). The van der Waals surface area contributed by atoms with E-state index in [1.165, 1.54) is 18.3 Å². The zero-order chi connectivity index (χ0) is 15.4. The summed E-state index contributed by atoms with van der Waals surface area (Å²) >= 11 is 3.22. The van der Waals surface area contributed by atoms with Gasteiger partial charge in [0, 0.05) is 17.2 Å². The molecule has 0 unspecified atom stereocenters. The number of benzene rings is 1. The Kier molecular flexibility index (Phi) is 4.85. The highest BCUT2D eigenvalue weighted by Gasteiger charge is 2.16. The maximum Gasteiger partial charge on any atom is 0.259 e. The molecule has 21 heavy (non-hydrogen) atoms. The molecule has 1 aromatic carbocycles. The molecule has 110 valence electrons. The third-order valence-electron chi connectivity index (χ3n) is 2.64. The van der Waals surface area contributed by atoms with Gasteiger partial charge in [-0.1, -0.05) is 6.07 Å². The van der Waals surface area contributed by atoms with E-state index in [9.17, 15) is 13.6 Å². The highest BCUT2D eigenvalue weighted by molar-refractivity contribution is 9.10. The number of halogens is 3. The molecule has 0 atom stereocenters. The van der Waals surface area contributed by atoms with E-state index in [1.807, 2.05) is 6.92 Å². The molecule has 0 aliphatic rings.